The number of carbonyl (C=O) groups excluding carboxylic acids is 1. The van der Waals surface area contributed by atoms with Gasteiger partial charge >= 0.3 is 0 Å². The summed E-state index contributed by atoms with van der Waals surface area (Å²) in [5, 5.41) is 3.02. The van der Waals surface area contributed by atoms with Crippen LogP contribution in [0.2, 0.25) is 0 Å². The molecule has 1 rings (SSSR count). The highest BCUT2D eigenvalue weighted by Gasteiger charge is 2.19. The Labute approximate surface area is 134 Å². The molecule has 0 radical (unpaired) electrons. The molecule has 1 aromatic carbocycles. The number of benzene rings is 1. The number of amides is 1. The van der Waals surface area contributed by atoms with Gasteiger partial charge in [-0.1, -0.05) is 44.2 Å². The molecule has 1 amide bonds. The summed E-state index contributed by atoms with van der Waals surface area (Å²) in [5.41, 5.74) is 6.86. The van der Waals surface area contributed by atoms with Crippen molar-refractivity contribution in [1.29, 1.82) is 0 Å². The SMILES string of the molecule is CC(NC(=O)CN(C)CC(C)(C)CN)c1ccccc1.Cl. The van der Waals surface area contributed by atoms with E-state index in [1.54, 1.807) is 0 Å². The Morgan fingerprint density at radius 3 is 2.43 bits per heavy atom. The molecule has 0 aliphatic heterocycles. The molecule has 120 valence electrons. The Hall–Kier alpha value is -1.10. The van der Waals surface area contributed by atoms with E-state index in [0.717, 1.165) is 12.1 Å². The van der Waals surface area contributed by atoms with Crippen LogP contribution in [0.3, 0.4) is 0 Å². The molecule has 0 saturated heterocycles. The molecule has 0 aromatic heterocycles. The van der Waals surface area contributed by atoms with Gasteiger partial charge in [-0.2, -0.15) is 0 Å². The first-order chi connectivity index (χ1) is 9.34. The number of nitrogens with one attached hydrogen (secondary N) is 1. The van der Waals surface area contributed by atoms with Crippen molar-refractivity contribution < 1.29 is 4.79 Å². The van der Waals surface area contributed by atoms with Crippen molar-refractivity contribution in [1.82, 2.24) is 10.2 Å². The van der Waals surface area contributed by atoms with Crippen molar-refractivity contribution in [2.45, 2.75) is 26.8 Å². The van der Waals surface area contributed by atoms with Gasteiger partial charge in [-0.3, -0.25) is 9.69 Å². The van der Waals surface area contributed by atoms with Gasteiger partial charge in [-0.15, -0.1) is 12.4 Å². The number of likely N-dealkylation sites (N-methyl/N-ethyl adjacent to an activating group) is 1. The van der Waals surface area contributed by atoms with Crippen LogP contribution >= 0.6 is 12.4 Å². The topological polar surface area (TPSA) is 58.4 Å². The molecule has 0 fully saturated rings. The number of nitrogens with zero attached hydrogens (tertiary/aromatic N) is 1. The van der Waals surface area contributed by atoms with Crippen LogP contribution in [0.5, 0.6) is 0 Å². The zero-order valence-corrected chi connectivity index (χ0v) is 14.2. The Morgan fingerprint density at radius 2 is 1.90 bits per heavy atom. The fraction of sp³-hybridized carbons (Fsp3) is 0.562. The second kappa shape index (κ2) is 9.03. The molecule has 0 aliphatic rings. The van der Waals surface area contributed by atoms with E-state index in [2.05, 4.69) is 19.2 Å². The molecule has 0 bridgehead atoms. The average Bonchev–Trinajstić information content (AvgIpc) is 2.38. The minimum absolute atomic E-state index is 0. The predicted molar refractivity (Wildman–Crippen MR) is 90.6 cm³/mol. The summed E-state index contributed by atoms with van der Waals surface area (Å²) < 4.78 is 0. The zero-order valence-electron chi connectivity index (χ0n) is 13.4. The van der Waals surface area contributed by atoms with E-state index in [9.17, 15) is 4.79 Å². The monoisotopic (exact) mass is 313 g/mol. The third-order valence-corrected chi connectivity index (χ3v) is 3.34. The van der Waals surface area contributed by atoms with Crippen LogP contribution < -0.4 is 11.1 Å². The van der Waals surface area contributed by atoms with Gasteiger partial charge in [0.15, 0.2) is 0 Å². The van der Waals surface area contributed by atoms with E-state index in [4.69, 9.17) is 5.73 Å². The number of halogens is 1. The first-order valence-corrected chi connectivity index (χ1v) is 7.07. The van der Waals surface area contributed by atoms with E-state index in [1.807, 2.05) is 49.2 Å². The van der Waals surface area contributed by atoms with Gasteiger partial charge in [0.1, 0.15) is 0 Å². The summed E-state index contributed by atoms with van der Waals surface area (Å²) in [6.45, 7) is 8.01. The zero-order chi connectivity index (χ0) is 15.2. The van der Waals surface area contributed by atoms with Gasteiger partial charge in [0.25, 0.3) is 0 Å². The number of hydrogen-bond donors (Lipinski definition) is 2. The van der Waals surface area contributed by atoms with Gasteiger partial charge < -0.3 is 11.1 Å². The Kier molecular flexibility index (Phi) is 8.55. The maximum absolute atomic E-state index is 12.0. The van der Waals surface area contributed by atoms with E-state index in [0.29, 0.717) is 13.1 Å². The highest BCUT2D eigenvalue weighted by molar-refractivity contribution is 5.85. The normalized spacial score (nSPS) is 12.7. The number of rotatable bonds is 7. The standard InChI is InChI=1S/C16H27N3O.ClH/c1-13(14-8-6-5-7-9-14)18-15(20)10-19(4)12-16(2,3)11-17;/h5-9,13H,10-12,17H2,1-4H3,(H,18,20);1H. The largest absolute Gasteiger partial charge is 0.348 e. The van der Waals surface area contributed by atoms with E-state index in [1.165, 1.54) is 0 Å². The molecule has 1 unspecified atom stereocenters. The second-order valence-electron chi connectivity index (χ2n) is 6.24. The maximum Gasteiger partial charge on any atom is 0.234 e. The summed E-state index contributed by atoms with van der Waals surface area (Å²) in [6.07, 6.45) is 0. The van der Waals surface area contributed by atoms with E-state index in [-0.39, 0.29) is 29.8 Å². The molecule has 4 nitrogen and oxygen atoms in total. The molecule has 0 spiro atoms. The molecular formula is C16H28ClN3O. The molecular weight excluding hydrogens is 286 g/mol. The minimum Gasteiger partial charge on any atom is -0.348 e. The van der Waals surface area contributed by atoms with Crippen LogP contribution in [-0.2, 0) is 4.79 Å². The van der Waals surface area contributed by atoms with Gasteiger partial charge in [-0.05, 0) is 31.5 Å². The van der Waals surface area contributed by atoms with Crippen molar-refractivity contribution >= 4 is 18.3 Å². The Morgan fingerprint density at radius 1 is 1.33 bits per heavy atom. The fourth-order valence-corrected chi connectivity index (χ4v) is 2.21. The summed E-state index contributed by atoms with van der Waals surface area (Å²) in [4.78, 5) is 14.0. The number of hydrogen-bond acceptors (Lipinski definition) is 3. The van der Waals surface area contributed by atoms with Crippen molar-refractivity contribution in [3.8, 4) is 0 Å². The van der Waals surface area contributed by atoms with E-state index >= 15 is 0 Å². The molecule has 1 aromatic rings. The lowest BCUT2D eigenvalue weighted by Crippen LogP contribution is -2.42. The smallest absolute Gasteiger partial charge is 0.234 e. The first-order valence-electron chi connectivity index (χ1n) is 7.07. The first kappa shape index (κ1) is 19.9. The number of carbonyl (C=O) groups is 1. The van der Waals surface area contributed by atoms with Gasteiger partial charge in [0.2, 0.25) is 5.91 Å². The third kappa shape index (κ3) is 7.46. The van der Waals surface area contributed by atoms with Crippen LogP contribution in [0, 0.1) is 5.41 Å². The minimum atomic E-state index is 0. The molecule has 1 atom stereocenters. The third-order valence-electron chi connectivity index (χ3n) is 3.34. The molecule has 3 N–H and O–H groups in total. The molecule has 0 saturated carbocycles. The van der Waals surface area contributed by atoms with Crippen molar-refractivity contribution in [2.75, 3.05) is 26.7 Å². The molecule has 5 heteroatoms. The van der Waals surface area contributed by atoms with Crippen molar-refractivity contribution in [2.24, 2.45) is 11.1 Å². The molecule has 0 heterocycles. The van der Waals surface area contributed by atoms with Crippen LogP contribution in [0.4, 0.5) is 0 Å². The Balaban J connectivity index is 0.00000400. The van der Waals surface area contributed by atoms with Gasteiger partial charge in [-0.25, -0.2) is 0 Å². The summed E-state index contributed by atoms with van der Waals surface area (Å²) in [5.74, 6) is 0.0386. The quantitative estimate of drug-likeness (QED) is 0.811. The second-order valence-corrected chi connectivity index (χ2v) is 6.24. The Bertz CT molecular complexity index is 423. The highest BCUT2D eigenvalue weighted by Crippen LogP contribution is 2.14. The van der Waals surface area contributed by atoms with Crippen LogP contribution in [-0.4, -0.2) is 37.5 Å². The van der Waals surface area contributed by atoms with Gasteiger partial charge in [0, 0.05) is 6.54 Å². The van der Waals surface area contributed by atoms with Crippen LogP contribution in [0.15, 0.2) is 30.3 Å². The lowest BCUT2D eigenvalue weighted by atomic mass is 9.93. The summed E-state index contributed by atoms with van der Waals surface area (Å²) in [7, 11) is 1.95. The summed E-state index contributed by atoms with van der Waals surface area (Å²) >= 11 is 0. The van der Waals surface area contributed by atoms with Crippen molar-refractivity contribution in [3.05, 3.63) is 35.9 Å². The molecule has 0 aliphatic carbocycles. The highest BCUT2D eigenvalue weighted by atomic mass is 35.5. The van der Waals surface area contributed by atoms with Gasteiger partial charge in [0.05, 0.1) is 12.6 Å². The average molecular weight is 314 g/mol. The lowest BCUT2D eigenvalue weighted by molar-refractivity contribution is -0.122. The lowest BCUT2D eigenvalue weighted by Gasteiger charge is -2.28. The predicted octanol–water partition coefficient (Wildman–Crippen LogP) is 2.20. The number of nitrogens with two attached hydrogens (primary N) is 1. The van der Waals surface area contributed by atoms with Crippen molar-refractivity contribution in [3.63, 3.8) is 0 Å². The van der Waals surface area contributed by atoms with Crippen LogP contribution in [0.1, 0.15) is 32.4 Å². The summed E-state index contributed by atoms with van der Waals surface area (Å²) in [6, 6.07) is 10.0. The van der Waals surface area contributed by atoms with E-state index < -0.39 is 0 Å². The fourth-order valence-electron chi connectivity index (χ4n) is 2.21. The maximum atomic E-state index is 12.0. The van der Waals surface area contributed by atoms with Crippen LogP contribution in [0.25, 0.3) is 0 Å². The molecule has 21 heavy (non-hydrogen) atoms.